The van der Waals surface area contributed by atoms with Crippen molar-refractivity contribution in [2.75, 3.05) is 0 Å². The normalized spacial score (nSPS) is 13.1. The first-order valence-electron chi connectivity index (χ1n) is 4.13. The van der Waals surface area contributed by atoms with E-state index >= 15 is 0 Å². The Hall–Kier alpha value is -1.23. The third-order valence-electron chi connectivity index (χ3n) is 1.44. The van der Waals surface area contributed by atoms with Crippen LogP contribution in [-0.2, 0) is 29.2 Å². The Morgan fingerprint density at radius 3 is 2.38 bits per heavy atom. The van der Waals surface area contributed by atoms with Gasteiger partial charge in [-0.1, -0.05) is 0 Å². The molecule has 1 atom stereocenters. The lowest BCUT2D eigenvalue weighted by atomic mass is 10.1. The Morgan fingerprint density at radius 1 is 1.38 bits per heavy atom. The molecule has 0 aromatic carbocycles. The van der Waals surface area contributed by atoms with E-state index in [4.69, 9.17) is 16.0 Å². The molecule has 0 bridgehead atoms. The van der Waals surface area contributed by atoms with Crippen molar-refractivity contribution in [3.05, 3.63) is 0 Å². The van der Waals surface area contributed by atoms with Gasteiger partial charge in [0.25, 0.3) is 0 Å². The van der Waals surface area contributed by atoms with Crippen molar-refractivity contribution >= 4 is 22.3 Å². The van der Waals surface area contributed by atoms with Crippen LogP contribution in [-0.4, -0.2) is 30.9 Å². The van der Waals surface area contributed by atoms with Gasteiger partial charge in [0.1, 0.15) is 6.04 Å². The van der Waals surface area contributed by atoms with Gasteiger partial charge in [0.15, 0.2) is 0 Å². The molecule has 0 heterocycles. The Kier molecular flexibility index (Phi) is 5.88. The minimum atomic E-state index is -4.86. The fourth-order valence-corrected chi connectivity index (χ4v) is 0.905. The van der Waals surface area contributed by atoms with Crippen LogP contribution in [0.25, 0.3) is 0 Å². The molecule has 0 aliphatic rings. The van der Waals surface area contributed by atoms with Crippen LogP contribution < -0.4 is 11.5 Å². The maximum Gasteiger partial charge on any atom is 0.432 e. The van der Waals surface area contributed by atoms with Gasteiger partial charge in [-0.3, -0.25) is 14.2 Å². The molecule has 0 unspecified atom stereocenters. The molecule has 0 aliphatic heterocycles. The van der Waals surface area contributed by atoms with Gasteiger partial charge in [0.05, 0.1) is 0 Å². The molecule has 9 nitrogen and oxygen atoms in total. The van der Waals surface area contributed by atoms with E-state index in [0.717, 1.165) is 0 Å². The van der Waals surface area contributed by atoms with Gasteiger partial charge in [-0.2, -0.15) is 8.42 Å². The van der Waals surface area contributed by atoms with Crippen molar-refractivity contribution in [2.45, 2.75) is 25.3 Å². The molecule has 0 radical (unpaired) electrons. The Morgan fingerprint density at radius 2 is 1.94 bits per heavy atom. The summed E-state index contributed by atoms with van der Waals surface area (Å²) in [4.78, 5) is 24.9. The van der Waals surface area contributed by atoms with Gasteiger partial charge in [-0.05, 0) is 17.2 Å². The highest BCUT2D eigenvalue weighted by Gasteiger charge is 2.19. The van der Waals surface area contributed by atoms with Gasteiger partial charge in [0.2, 0.25) is 5.91 Å². The monoisotopic (exact) mass is 256 g/mol. The second kappa shape index (κ2) is 6.37. The van der Waals surface area contributed by atoms with Crippen molar-refractivity contribution in [3.63, 3.8) is 0 Å². The number of carbonyl (C=O) groups is 2. The second-order valence-corrected chi connectivity index (χ2v) is 3.85. The van der Waals surface area contributed by atoms with Crippen LogP contribution >= 0.6 is 0 Å². The zero-order valence-corrected chi connectivity index (χ0v) is 8.97. The molecule has 16 heavy (non-hydrogen) atoms. The van der Waals surface area contributed by atoms with Crippen molar-refractivity contribution in [2.24, 2.45) is 11.5 Å². The minimum absolute atomic E-state index is 0.0418. The standard InChI is InChI=1S/C6H12N2O7S/c7-4(2-1-3-5(8)9)6(10)14-15-16(11,12)13/h4H,1-3,7H2,(H2,8,9)(H,11,12,13)/t4-/m1/s1. The fourth-order valence-electron chi connectivity index (χ4n) is 0.752. The predicted molar refractivity (Wildman–Crippen MR) is 49.7 cm³/mol. The molecule has 10 heteroatoms. The number of carbonyl (C=O) groups excluding carboxylic acids is 2. The molecule has 0 rings (SSSR count). The zero-order valence-electron chi connectivity index (χ0n) is 8.16. The van der Waals surface area contributed by atoms with E-state index in [-0.39, 0.29) is 19.3 Å². The summed E-state index contributed by atoms with van der Waals surface area (Å²) in [7, 11) is -4.86. The molecule has 5 N–H and O–H groups in total. The molecule has 0 saturated heterocycles. The first-order chi connectivity index (χ1) is 7.22. The first kappa shape index (κ1) is 14.8. The smallest absolute Gasteiger partial charge is 0.370 e. The van der Waals surface area contributed by atoms with Gasteiger partial charge in [-0.25, -0.2) is 4.79 Å². The number of amides is 1. The van der Waals surface area contributed by atoms with Gasteiger partial charge < -0.3 is 11.5 Å². The van der Waals surface area contributed by atoms with E-state index < -0.39 is 28.3 Å². The molecular formula is C6H12N2O7S. The SMILES string of the molecule is NC(=O)CCC[C@@H](N)C(=O)OOS(=O)(=O)O. The molecule has 1 amide bonds. The lowest BCUT2D eigenvalue weighted by molar-refractivity contribution is -0.216. The van der Waals surface area contributed by atoms with Crippen LogP contribution in [0.4, 0.5) is 0 Å². The molecule has 94 valence electrons. The highest BCUT2D eigenvalue weighted by Crippen LogP contribution is 2.01. The van der Waals surface area contributed by atoms with E-state index in [0.29, 0.717) is 0 Å². The van der Waals surface area contributed by atoms with E-state index in [9.17, 15) is 18.0 Å². The summed E-state index contributed by atoms with van der Waals surface area (Å²) in [6.07, 6.45) is 0.355. The van der Waals surface area contributed by atoms with Crippen LogP contribution in [0.1, 0.15) is 19.3 Å². The van der Waals surface area contributed by atoms with Crippen molar-refractivity contribution in [1.29, 1.82) is 0 Å². The molecule has 0 spiro atoms. The summed E-state index contributed by atoms with van der Waals surface area (Å²) >= 11 is 0. The Balaban J connectivity index is 3.86. The third kappa shape index (κ3) is 8.11. The van der Waals surface area contributed by atoms with E-state index in [1.54, 1.807) is 0 Å². The first-order valence-corrected chi connectivity index (χ1v) is 5.50. The lowest BCUT2D eigenvalue weighted by Gasteiger charge is -2.07. The minimum Gasteiger partial charge on any atom is -0.370 e. The summed E-state index contributed by atoms with van der Waals surface area (Å²) in [5.41, 5.74) is 10.1. The lowest BCUT2D eigenvalue weighted by Crippen LogP contribution is -2.33. The number of primary amides is 1. The summed E-state index contributed by atoms with van der Waals surface area (Å²) in [5, 5.41) is 0. The van der Waals surface area contributed by atoms with Crippen LogP contribution in [0.15, 0.2) is 0 Å². The summed E-state index contributed by atoms with van der Waals surface area (Å²) < 4.78 is 31.4. The van der Waals surface area contributed by atoms with Gasteiger partial charge >= 0.3 is 16.4 Å². The number of rotatable bonds is 7. The molecular weight excluding hydrogens is 244 g/mol. The number of hydrogen-bond acceptors (Lipinski definition) is 7. The van der Waals surface area contributed by atoms with E-state index in [1.807, 2.05) is 0 Å². The predicted octanol–water partition coefficient (Wildman–Crippen LogP) is -1.75. The molecule has 0 fully saturated rings. The zero-order chi connectivity index (χ0) is 12.8. The highest BCUT2D eigenvalue weighted by atomic mass is 32.3. The molecule has 0 saturated carbocycles. The Bertz CT molecular complexity index is 352. The van der Waals surface area contributed by atoms with Crippen LogP contribution in [0, 0.1) is 0 Å². The van der Waals surface area contributed by atoms with E-state index in [2.05, 4.69) is 9.22 Å². The quantitative estimate of drug-likeness (QED) is 0.274. The molecule has 0 aromatic heterocycles. The fraction of sp³-hybridized carbons (Fsp3) is 0.667. The largest absolute Gasteiger partial charge is 0.432 e. The van der Waals surface area contributed by atoms with Gasteiger partial charge in [-0.15, -0.1) is 0 Å². The van der Waals surface area contributed by atoms with Crippen molar-refractivity contribution in [1.82, 2.24) is 0 Å². The number of hydrogen-bond donors (Lipinski definition) is 3. The maximum atomic E-state index is 10.9. The van der Waals surface area contributed by atoms with E-state index in [1.165, 1.54) is 0 Å². The van der Waals surface area contributed by atoms with Crippen LogP contribution in [0.5, 0.6) is 0 Å². The molecule has 0 aliphatic carbocycles. The third-order valence-corrected chi connectivity index (χ3v) is 1.68. The average Bonchev–Trinajstić information content (AvgIpc) is 2.12. The maximum absolute atomic E-state index is 10.9. The topological polar surface area (TPSA) is 159 Å². The molecule has 0 aromatic rings. The van der Waals surface area contributed by atoms with Crippen LogP contribution in [0.2, 0.25) is 0 Å². The van der Waals surface area contributed by atoms with Gasteiger partial charge in [0, 0.05) is 6.42 Å². The van der Waals surface area contributed by atoms with Crippen molar-refractivity contribution < 1.29 is 31.8 Å². The number of nitrogens with two attached hydrogens (primary N) is 2. The second-order valence-electron chi connectivity index (χ2n) is 2.86. The summed E-state index contributed by atoms with van der Waals surface area (Å²) in [6, 6.07) is -1.17. The average molecular weight is 256 g/mol. The summed E-state index contributed by atoms with van der Waals surface area (Å²) in [6.45, 7) is 0. The van der Waals surface area contributed by atoms with Crippen molar-refractivity contribution in [3.8, 4) is 0 Å². The highest BCUT2D eigenvalue weighted by molar-refractivity contribution is 7.80. The van der Waals surface area contributed by atoms with Crippen LogP contribution in [0.3, 0.4) is 0 Å². The summed E-state index contributed by atoms with van der Waals surface area (Å²) in [5.74, 6) is -1.73. The Labute approximate surface area is 91.6 Å².